The molecule has 2 aromatic heterocycles. The Labute approximate surface area is 88.3 Å². The Morgan fingerprint density at radius 3 is 2.92 bits per heavy atom. The first kappa shape index (κ1) is 8.49. The Morgan fingerprint density at radius 2 is 2.31 bits per heavy atom. The van der Waals surface area contributed by atoms with E-state index in [2.05, 4.69) is 32.6 Å². The Morgan fingerprint density at radius 1 is 1.46 bits per heavy atom. The average molecular weight is 287 g/mol. The van der Waals surface area contributed by atoms with Crippen LogP contribution in [0.1, 0.15) is 0 Å². The summed E-state index contributed by atoms with van der Waals surface area (Å²) in [7, 11) is 0. The van der Waals surface area contributed by atoms with Gasteiger partial charge in [-0.2, -0.15) is 0 Å². The third-order valence-corrected chi connectivity index (χ3v) is 2.38. The molecule has 0 aromatic carbocycles. The summed E-state index contributed by atoms with van der Waals surface area (Å²) in [6, 6.07) is 1.79. The zero-order valence-electron chi connectivity index (χ0n) is 6.57. The highest BCUT2D eigenvalue weighted by molar-refractivity contribution is 14.1. The average Bonchev–Trinajstić information content (AvgIpc) is 2.62. The normalized spacial score (nSPS) is 10.2. The number of halogens is 1. The standard InChI is InChI=1S/C8H6IN3O/c9-6-3-11-8(12-7(6)10)5-1-2-13-4-5/h1-4H,(H2,10,11,12). The Bertz CT molecular complexity index is 413. The van der Waals surface area contributed by atoms with Crippen molar-refractivity contribution in [2.75, 3.05) is 5.73 Å². The number of furan rings is 1. The summed E-state index contributed by atoms with van der Waals surface area (Å²) in [4.78, 5) is 8.24. The van der Waals surface area contributed by atoms with Crippen molar-refractivity contribution in [3.63, 3.8) is 0 Å². The largest absolute Gasteiger partial charge is 0.472 e. The number of nitrogens with two attached hydrogens (primary N) is 1. The maximum Gasteiger partial charge on any atom is 0.164 e. The van der Waals surface area contributed by atoms with E-state index in [1.54, 1.807) is 24.8 Å². The summed E-state index contributed by atoms with van der Waals surface area (Å²) in [5, 5.41) is 0. The summed E-state index contributed by atoms with van der Waals surface area (Å²) in [5.41, 5.74) is 6.47. The fourth-order valence-corrected chi connectivity index (χ4v) is 1.17. The van der Waals surface area contributed by atoms with Crippen LogP contribution in [0.4, 0.5) is 5.82 Å². The van der Waals surface area contributed by atoms with Gasteiger partial charge in [-0.1, -0.05) is 0 Å². The molecule has 4 nitrogen and oxygen atoms in total. The molecule has 0 aliphatic heterocycles. The summed E-state index contributed by atoms with van der Waals surface area (Å²) in [6.07, 6.45) is 4.85. The Balaban J connectivity index is 2.49. The number of aromatic nitrogens is 2. The van der Waals surface area contributed by atoms with Crippen molar-refractivity contribution < 1.29 is 4.42 Å². The third-order valence-electron chi connectivity index (χ3n) is 1.55. The molecule has 2 rings (SSSR count). The van der Waals surface area contributed by atoms with E-state index in [0.29, 0.717) is 11.6 Å². The van der Waals surface area contributed by atoms with Crippen LogP contribution in [0.15, 0.2) is 29.2 Å². The molecule has 2 aromatic rings. The van der Waals surface area contributed by atoms with Crippen LogP contribution in [0, 0.1) is 3.57 Å². The van der Waals surface area contributed by atoms with Crippen LogP contribution in [-0.2, 0) is 0 Å². The molecule has 0 aliphatic carbocycles. The van der Waals surface area contributed by atoms with Crippen molar-refractivity contribution in [1.29, 1.82) is 0 Å². The molecule has 13 heavy (non-hydrogen) atoms. The van der Waals surface area contributed by atoms with Gasteiger partial charge in [0.15, 0.2) is 5.82 Å². The molecule has 0 saturated heterocycles. The van der Waals surface area contributed by atoms with Gasteiger partial charge in [0.25, 0.3) is 0 Å². The molecule has 2 heterocycles. The molecule has 0 bridgehead atoms. The van der Waals surface area contributed by atoms with Gasteiger partial charge in [0.1, 0.15) is 12.1 Å². The molecular weight excluding hydrogens is 281 g/mol. The van der Waals surface area contributed by atoms with Crippen LogP contribution in [0.25, 0.3) is 11.4 Å². The van der Waals surface area contributed by atoms with E-state index in [4.69, 9.17) is 10.2 Å². The minimum atomic E-state index is 0.492. The van der Waals surface area contributed by atoms with Crippen molar-refractivity contribution >= 4 is 28.4 Å². The SMILES string of the molecule is Nc1nc(-c2ccoc2)ncc1I. The summed E-state index contributed by atoms with van der Waals surface area (Å²) < 4.78 is 5.77. The maximum absolute atomic E-state index is 5.64. The van der Waals surface area contributed by atoms with Crippen LogP contribution in [-0.4, -0.2) is 9.97 Å². The molecule has 0 aliphatic rings. The zero-order valence-corrected chi connectivity index (χ0v) is 8.72. The quantitative estimate of drug-likeness (QED) is 0.814. The van der Waals surface area contributed by atoms with Crippen LogP contribution in [0.3, 0.4) is 0 Å². The lowest BCUT2D eigenvalue weighted by Crippen LogP contribution is -1.97. The number of nitrogens with zero attached hydrogens (tertiary/aromatic N) is 2. The smallest absolute Gasteiger partial charge is 0.164 e. The van der Waals surface area contributed by atoms with E-state index in [1.165, 1.54) is 0 Å². The van der Waals surface area contributed by atoms with E-state index < -0.39 is 0 Å². The van der Waals surface area contributed by atoms with E-state index in [9.17, 15) is 0 Å². The van der Waals surface area contributed by atoms with Crippen LogP contribution < -0.4 is 5.73 Å². The fourth-order valence-electron chi connectivity index (χ4n) is 0.911. The highest BCUT2D eigenvalue weighted by Gasteiger charge is 2.04. The molecule has 0 amide bonds. The number of hydrogen-bond donors (Lipinski definition) is 1. The number of rotatable bonds is 1. The van der Waals surface area contributed by atoms with Gasteiger partial charge < -0.3 is 10.2 Å². The molecule has 66 valence electrons. The first-order valence-corrected chi connectivity index (χ1v) is 4.66. The van der Waals surface area contributed by atoms with Crippen molar-refractivity contribution in [2.24, 2.45) is 0 Å². The van der Waals surface area contributed by atoms with Crippen molar-refractivity contribution in [3.8, 4) is 11.4 Å². The maximum atomic E-state index is 5.64. The topological polar surface area (TPSA) is 64.9 Å². The van der Waals surface area contributed by atoms with E-state index in [0.717, 1.165) is 9.13 Å². The second-order valence-electron chi connectivity index (χ2n) is 2.44. The van der Waals surface area contributed by atoms with Gasteiger partial charge in [-0.15, -0.1) is 0 Å². The Kier molecular flexibility index (Phi) is 2.17. The highest BCUT2D eigenvalue weighted by atomic mass is 127. The second kappa shape index (κ2) is 3.33. The van der Waals surface area contributed by atoms with Gasteiger partial charge in [-0.25, -0.2) is 9.97 Å². The fraction of sp³-hybridized carbons (Fsp3) is 0. The molecule has 0 saturated carbocycles. The van der Waals surface area contributed by atoms with Gasteiger partial charge in [-0.05, 0) is 28.7 Å². The van der Waals surface area contributed by atoms with Crippen molar-refractivity contribution in [1.82, 2.24) is 9.97 Å². The molecule has 0 spiro atoms. The molecule has 0 unspecified atom stereocenters. The summed E-state index contributed by atoms with van der Waals surface area (Å²) >= 11 is 2.09. The van der Waals surface area contributed by atoms with Gasteiger partial charge in [0.05, 0.1) is 15.4 Å². The second-order valence-corrected chi connectivity index (χ2v) is 3.60. The van der Waals surface area contributed by atoms with Crippen molar-refractivity contribution in [3.05, 3.63) is 28.4 Å². The number of anilines is 1. The molecule has 5 heteroatoms. The Hall–Kier alpha value is -1.11. The predicted molar refractivity (Wildman–Crippen MR) is 56.9 cm³/mol. The van der Waals surface area contributed by atoms with Crippen LogP contribution in [0.2, 0.25) is 0 Å². The number of hydrogen-bond acceptors (Lipinski definition) is 4. The predicted octanol–water partition coefficient (Wildman–Crippen LogP) is 1.92. The highest BCUT2D eigenvalue weighted by Crippen LogP contribution is 2.18. The summed E-state index contributed by atoms with van der Waals surface area (Å²) in [6.45, 7) is 0. The lowest BCUT2D eigenvalue weighted by Gasteiger charge is -1.98. The molecule has 2 N–H and O–H groups in total. The van der Waals surface area contributed by atoms with Crippen LogP contribution in [0.5, 0.6) is 0 Å². The lowest BCUT2D eigenvalue weighted by molar-refractivity contribution is 0.568. The zero-order chi connectivity index (χ0) is 9.26. The van der Waals surface area contributed by atoms with Gasteiger partial charge in [0, 0.05) is 6.20 Å². The van der Waals surface area contributed by atoms with Gasteiger partial charge in [0.2, 0.25) is 0 Å². The van der Waals surface area contributed by atoms with Gasteiger partial charge in [-0.3, -0.25) is 0 Å². The van der Waals surface area contributed by atoms with E-state index in [1.807, 2.05) is 0 Å². The third kappa shape index (κ3) is 1.64. The first-order chi connectivity index (χ1) is 6.27. The van der Waals surface area contributed by atoms with Gasteiger partial charge >= 0.3 is 0 Å². The number of nitrogen functional groups attached to an aromatic ring is 1. The lowest BCUT2D eigenvalue weighted by atomic mass is 10.3. The van der Waals surface area contributed by atoms with Crippen LogP contribution >= 0.6 is 22.6 Å². The van der Waals surface area contributed by atoms with E-state index in [-0.39, 0.29) is 0 Å². The minimum absolute atomic E-state index is 0.492. The van der Waals surface area contributed by atoms with E-state index >= 15 is 0 Å². The first-order valence-electron chi connectivity index (χ1n) is 3.58. The molecule has 0 atom stereocenters. The molecule has 0 fully saturated rings. The molecular formula is C8H6IN3O. The van der Waals surface area contributed by atoms with Crippen molar-refractivity contribution in [2.45, 2.75) is 0 Å². The minimum Gasteiger partial charge on any atom is -0.472 e. The summed E-state index contributed by atoms with van der Waals surface area (Å²) in [5.74, 6) is 1.08. The monoisotopic (exact) mass is 287 g/mol. The molecule has 0 radical (unpaired) electrons.